The first-order valence-electron chi connectivity index (χ1n) is 7.73. The SMILES string of the molecule is O=C(Nc1ccn(C2CC2(F)F)n1)Nc1ccc(F)cc1C1CC1. The topological polar surface area (TPSA) is 59.0 Å². The molecule has 8 heteroatoms. The number of hydrogen-bond acceptors (Lipinski definition) is 2. The van der Waals surface area contributed by atoms with Crippen LogP contribution in [0.1, 0.15) is 36.8 Å². The number of anilines is 2. The molecule has 0 radical (unpaired) electrons. The van der Waals surface area contributed by atoms with Gasteiger partial charge in [-0.25, -0.2) is 18.0 Å². The molecule has 2 amide bonds. The summed E-state index contributed by atoms with van der Waals surface area (Å²) in [5, 5.41) is 9.10. The summed E-state index contributed by atoms with van der Waals surface area (Å²) in [6.45, 7) is 0. The highest BCUT2D eigenvalue weighted by molar-refractivity contribution is 5.99. The van der Waals surface area contributed by atoms with E-state index in [9.17, 15) is 18.0 Å². The van der Waals surface area contributed by atoms with Gasteiger partial charge >= 0.3 is 6.03 Å². The molecule has 2 aromatic rings. The van der Waals surface area contributed by atoms with Crippen molar-refractivity contribution in [1.29, 1.82) is 0 Å². The number of carbonyl (C=O) groups excluding carboxylic acids is 1. The van der Waals surface area contributed by atoms with Crippen molar-refractivity contribution in [1.82, 2.24) is 9.78 Å². The number of alkyl halides is 2. The summed E-state index contributed by atoms with van der Waals surface area (Å²) in [4.78, 5) is 12.1. The van der Waals surface area contributed by atoms with Gasteiger partial charge in [0.2, 0.25) is 0 Å². The average Bonchev–Trinajstić information content (AvgIpc) is 3.41. The van der Waals surface area contributed by atoms with Gasteiger partial charge in [-0.05, 0) is 42.5 Å². The van der Waals surface area contributed by atoms with Crippen LogP contribution in [0.4, 0.5) is 29.5 Å². The zero-order valence-electron chi connectivity index (χ0n) is 12.6. The first kappa shape index (κ1) is 15.0. The number of hydrogen-bond donors (Lipinski definition) is 2. The number of amides is 2. The Hall–Kier alpha value is -2.51. The van der Waals surface area contributed by atoms with Crippen LogP contribution >= 0.6 is 0 Å². The van der Waals surface area contributed by atoms with Crippen molar-refractivity contribution in [3.05, 3.63) is 41.8 Å². The molecule has 5 nitrogen and oxygen atoms in total. The molecule has 0 aliphatic heterocycles. The molecule has 126 valence electrons. The summed E-state index contributed by atoms with van der Waals surface area (Å²) in [6.07, 6.45) is 3.12. The van der Waals surface area contributed by atoms with Gasteiger partial charge in [0.05, 0.1) is 0 Å². The minimum absolute atomic E-state index is 0.185. The van der Waals surface area contributed by atoms with Crippen molar-refractivity contribution in [2.45, 2.75) is 37.1 Å². The van der Waals surface area contributed by atoms with Gasteiger partial charge in [0, 0.05) is 24.4 Å². The summed E-state index contributed by atoms with van der Waals surface area (Å²) < 4.78 is 40.5. The Bertz CT molecular complexity index is 800. The van der Waals surface area contributed by atoms with Gasteiger partial charge in [-0.3, -0.25) is 10.00 Å². The number of nitrogens with zero attached hydrogens (tertiary/aromatic N) is 2. The van der Waals surface area contributed by atoms with Crippen molar-refractivity contribution in [2.24, 2.45) is 0 Å². The number of carbonyl (C=O) groups is 1. The highest BCUT2D eigenvalue weighted by atomic mass is 19.3. The minimum atomic E-state index is -2.72. The van der Waals surface area contributed by atoms with Gasteiger partial charge in [-0.2, -0.15) is 5.10 Å². The Balaban J connectivity index is 1.42. The van der Waals surface area contributed by atoms with Crippen LogP contribution in [-0.4, -0.2) is 21.7 Å². The first-order chi connectivity index (χ1) is 11.4. The molecule has 2 N–H and O–H groups in total. The lowest BCUT2D eigenvalue weighted by Crippen LogP contribution is -2.20. The lowest BCUT2D eigenvalue weighted by Gasteiger charge is -2.11. The maximum atomic E-state index is 13.4. The third-order valence-electron chi connectivity index (χ3n) is 4.24. The molecule has 1 unspecified atom stereocenters. The fraction of sp³-hybridized carbons (Fsp3) is 0.375. The molecule has 24 heavy (non-hydrogen) atoms. The predicted molar refractivity (Wildman–Crippen MR) is 81.8 cm³/mol. The molecule has 1 atom stereocenters. The van der Waals surface area contributed by atoms with Crippen molar-refractivity contribution < 1.29 is 18.0 Å². The zero-order chi connectivity index (χ0) is 16.9. The Morgan fingerprint density at radius 2 is 2.00 bits per heavy atom. The van der Waals surface area contributed by atoms with Gasteiger partial charge in [-0.15, -0.1) is 0 Å². The molecule has 4 rings (SSSR count). The normalized spacial score (nSPS) is 21.4. The van der Waals surface area contributed by atoms with E-state index in [2.05, 4.69) is 15.7 Å². The van der Waals surface area contributed by atoms with Crippen LogP contribution in [0.15, 0.2) is 30.5 Å². The van der Waals surface area contributed by atoms with Crippen molar-refractivity contribution in [3.8, 4) is 0 Å². The Morgan fingerprint density at radius 3 is 2.67 bits per heavy atom. The molecular weight excluding hydrogens is 321 g/mol. The fourth-order valence-corrected chi connectivity index (χ4v) is 2.71. The highest BCUT2D eigenvalue weighted by Gasteiger charge is 2.59. The van der Waals surface area contributed by atoms with Crippen molar-refractivity contribution in [3.63, 3.8) is 0 Å². The zero-order valence-corrected chi connectivity index (χ0v) is 12.6. The van der Waals surface area contributed by atoms with E-state index in [1.54, 1.807) is 0 Å². The van der Waals surface area contributed by atoms with Gasteiger partial charge in [0.1, 0.15) is 11.9 Å². The van der Waals surface area contributed by atoms with E-state index in [4.69, 9.17) is 0 Å². The molecule has 0 saturated heterocycles. The van der Waals surface area contributed by atoms with Crippen LogP contribution in [0.5, 0.6) is 0 Å². The van der Waals surface area contributed by atoms with Crippen molar-refractivity contribution in [2.75, 3.05) is 10.6 Å². The molecule has 0 bridgehead atoms. The Morgan fingerprint density at radius 1 is 1.25 bits per heavy atom. The largest absolute Gasteiger partial charge is 0.324 e. The van der Waals surface area contributed by atoms with Gasteiger partial charge in [0.25, 0.3) is 5.92 Å². The summed E-state index contributed by atoms with van der Waals surface area (Å²) in [7, 11) is 0. The molecule has 1 heterocycles. The van der Waals surface area contributed by atoms with E-state index in [1.165, 1.54) is 30.5 Å². The first-order valence-corrected chi connectivity index (χ1v) is 7.73. The smallest absolute Gasteiger partial charge is 0.307 e. The molecule has 2 aliphatic carbocycles. The second-order valence-electron chi connectivity index (χ2n) is 6.25. The summed E-state index contributed by atoms with van der Waals surface area (Å²) >= 11 is 0. The summed E-state index contributed by atoms with van der Waals surface area (Å²) in [5.41, 5.74) is 1.32. The van der Waals surface area contributed by atoms with E-state index in [1.807, 2.05) is 0 Å². The van der Waals surface area contributed by atoms with Crippen LogP contribution in [0.3, 0.4) is 0 Å². The number of nitrogens with one attached hydrogen (secondary N) is 2. The van der Waals surface area contributed by atoms with Crippen LogP contribution in [-0.2, 0) is 0 Å². The number of rotatable bonds is 4. The standard InChI is InChI=1S/C16H15F3N4O/c17-10-3-4-12(11(7-10)9-1-2-9)20-15(24)21-14-5-6-23(22-14)13-8-16(13,18)19/h3-7,9,13H,1-2,8H2,(H2,20,21,22,24). The van der Waals surface area contributed by atoms with Crippen LogP contribution in [0, 0.1) is 5.82 Å². The minimum Gasteiger partial charge on any atom is -0.307 e. The average molecular weight is 336 g/mol. The van der Waals surface area contributed by atoms with Crippen LogP contribution < -0.4 is 10.6 Å². The number of aromatic nitrogens is 2. The molecule has 1 aromatic carbocycles. The van der Waals surface area contributed by atoms with Gasteiger partial charge in [-0.1, -0.05) is 0 Å². The monoisotopic (exact) mass is 336 g/mol. The molecular formula is C16H15F3N4O. The maximum Gasteiger partial charge on any atom is 0.324 e. The quantitative estimate of drug-likeness (QED) is 0.882. The van der Waals surface area contributed by atoms with E-state index < -0.39 is 18.0 Å². The van der Waals surface area contributed by atoms with E-state index in [0.717, 1.165) is 23.1 Å². The molecule has 0 spiro atoms. The third kappa shape index (κ3) is 2.95. The van der Waals surface area contributed by atoms with Crippen molar-refractivity contribution >= 4 is 17.5 Å². The van der Waals surface area contributed by atoms with Gasteiger partial charge in [0.15, 0.2) is 5.82 Å². The van der Waals surface area contributed by atoms with Crippen LogP contribution in [0.2, 0.25) is 0 Å². The van der Waals surface area contributed by atoms with E-state index >= 15 is 0 Å². The molecule has 2 aliphatic rings. The third-order valence-corrected chi connectivity index (χ3v) is 4.24. The Kier molecular flexibility index (Phi) is 3.29. The van der Waals surface area contributed by atoms with Crippen LogP contribution in [0.25, 0.3) is 0 Å². The second kappa shape index (κ2) is 5.25. The summed E-state index contributed by atoms with van der Waals surface area (Å²) in [5.74, 6) is -2.61. The van der Waals surface area contributed by atoms with E-state index in [-0.39, 0.29) is 24.0 Å². The second-order valence-corrected chi connectivity index (χ2v) is 6.25. The van der Waals surface area contributed by atoms with E-state index in [0.29, 0.717) is 5.69 Å². The summed E-state index contributed by atoms with van der Waals surface area (Å²) in [6, 6.07) is 4.21. The lowest BCUT2D eigenvalue weighted by atomic mass is 10.1. The number of halogens is 3. The molecule has 2 fully saturated rings. The van der Waals surface area contributed by atoms with Gasteiger partial charge < -0.3 is 5.32 Å². The highest BCUT2D eigenvalue weighted by Crippen LogP contribution is 2.52. The fourth-order valence-electron chi connectivity index (χ4n) is 2.71. The molecule has 2 saturated carbocycles. The lowest BCUT2D eigenvalue weighted by molar-refractivity contribution is 0.0984. The number of benzene rings is 1. The number of urea groups is 1. The maximum absolute atomic E-state index is 13.4. The Labute approximate surface area is 135 Å². The predicted octanol–water partition coefficient (Wildman–Crippen LogP) is 4.12. The molecule has 1 aromatic heterocycles.